The number of aromatic nitrogens is 3. The molecule has 0 aliphatic carbocycles. The molecule has 4 heterocycles. The summed E-state index contributed by atoms with van der Waals surface area (Å²) in [7, 11) is 0. The number of nitrogens with one attached hydrogen (secondary N) is 1. The molecule has 1 atom stereocenters. The van der Waals surface area contributed by atoms with Crippen molar-refractivity contribution >= 4 is 28.3 Å². The van der Waals surface area contributed by atoms with Gasteiger partial charge in [-0.2, -0.15) is 0 Å². The van der Waals surface area contributed by atoms with Gasteiger partial charge < -0.3 is 19.5 Å². The molecule has 2 aliphatic heterocycles. The Balaban J connectivity index is 1.48. The van der Waals surface area contributed by atoms with Crippen LogP contribution in [-0.2, 0) is 16.1 Å². The highest BCUT2D eigenvalue weighted by atomic mass is 16.5. The van der Waals surface area contributed by atoms with Crippen LogP contribution in [0.2, 0.25) is 0 Å². The lowest BCUT2D eigenvalue weighted by Gasteiger charge is -2.43. The van der Waals surface area contributed by atoms with Crippen molar-refractivity contribution in [3.8, 4) is 11.4 Å². The van der Waals surface area contributed by atoms with Gasteiger partial charge in [-0.25, -0.2) is 9.97 Å². The van der Waals surface area contributed by atoms with E-state index in [4.69, 9.17) is 9.72 Å². The smallest absolute Gasteiger partial charge is 0.252 e. The maximum absolute atomic E-state index is 13.4. The number of fused-ring (bicyclic) bond motifs is 4. The SMILES string of the molecule is O=C1C2COCCN2c2nc(-c3cccc4[nH]ccc34)ncc2N1Cc1ccccc1. The summed E-state index contributed by atoms with van der Waals surface area (Å²) in [6.07, 6.45) is 3.71. The Kier molecular flexibility index (Phi) is 4.21. The number of hydrogen-bond donors (Lipinski definition) is 1. The number of nitrogens with zero attached hydrogens (tertiary/aromatic N) is 4. The first kappa shape index (κ1) is 18.1. The van der Waals surface area contributed by atoms with Gasteiger partial charge in [0.15, 0.2) is 11.6 Å². The van der Waals surface area contributed by atoms with Crippen LogP contribution in [0.5, 0.6) is 0 Å². The Hall–Kier alpha value is -3.71. The molecule has 1 unspecified atom stereocenters. The quantitative estimate of drug-likeness (QED) is 0.560. The minimum atomic E-state index is -0.365. The van der Waals surface area contributed by atoms with E-state index in [9.17, 15) is 4.79 Å². The van der Waals surface area contributed by atoms with Gasteiger partial charge in [-0.1, -0.05) is 42.5 Å². The fourth-order valence-electron chi connectivity index (χ4n) is 4.47. The van der Waals surface area contributed by atoms with E-state index >= 15 is 0 Å². The molecule has 0 saturated carbocycles. The number of anilines is 2. The van der Waals surface area contributed by atoms with Crippen molar-refractivity contribution in [2.45, 2.75) is 12.6 Å². The standard InChI is InChI=1S/C24H21N5O2/c30-24-21-15-31-12-11-28(21)23-20(29(24)14-16-5-2-1-3-6-16)13-26-22(27-23)18-7-4-8-19-17(18)9-10-25-19/h1-10,13,21,25H,11-12,14-15H2. The van der Waals surface area contributed by atoms with Crippen molar-refractivity contribution in [1.82, 2.24) is 15.0 Å². The number of benzene rings is 2. The first-order chi connectivity index (χ1) is 15.3. The maximum atomic E-state index is 13.4. The maximum Gasteiger partial charge on any atom is 0.252 e. The van der Waals surface area contributed by atoms with Gasteiger partial charge in [-0.05, 0) is 17.7 Å². The van der Waals surface area contributed by atoms with Gasteiger partial charge in [-0.15, -0.1) is 0 Å². The molecule has 31 heavy (non-hydrogen) atoms. The molecule has 2 aromatic carbocycles. The fourth-order valence-corrected chi connectivity index (χ4v) is 4.47. The van der Waals surface area contributed by atoms with Gasteiger partial charge in [0.25, 0.3) is 5.91 Å². The number of carbonyl (C=O) groups excluding carboxylic acids is 1. The number of rotatable bonds is 3. The van der Waals surface area contributed by atoms with Crippen LogP contribution in [-0.4, -0.2) is 46.7 Å². The van der Waals surface area contributed by atoms with E-state index in [1.807, 2.05) is 60.8 Å². The molecule has 1 fully saturated rings. The Labute approximate surface area is 179 Å². The van der Waals surface area contributed by atoms with Crippen molar-refractivity contribution in [2.75, 3.05) is 29.6 Å². The van der Waals surface area contributed by atoms with Crippen LogP contribution >= 0.6 is 0 Å². The molecule has 7 heteroatoms. The van der Waals surface area contributed by atoms with Gasteiger partial charge in [0.2, 0.25) is 0 Å². The summed E-state index contributed by atoms with van der Waals surface area (Å²) in [6, 6.07) is 17.7. The zero-order valence-corrected chi connectivity index (χ0v) is 16.9. The summed E-state index contributed by atoms with van der Waals surface area (Å²) in [5.41, 5.74) is 3.83. The zero-order valence-electron chi connectivity index (χ0n) is 16.9. The molecule has 4 aromatic rings. The van der Waals surface area contributed by atoms with Crippen LogP contribution in [0.1, 0.15) is 5.56 Å². The summed E-state index contributed by atoms with van der Waals surface area (Å²) >= 11 is 0. The van der Waals surface area contributed by atoms with Crippen molar-refractivity contribution in [2.24, 2.45) is 0 Å². The number of H-pyrrole nitrogens is 1. The van der Waals surface area contributed by atoms with Crippen LogP contribution in [0, 0.1) is 0 Å². The predicted molar refractivity (Wildman–Crippen MR) is 119 cm³/mol. The first-order valence-corrected chi connectivity index (χ1v) is 10.4. The Bertz CT molecular complexity index is 1270. The van der Waals surface area contributed by atoms with Gasteiger partial charge in [-0.3, -0.25) is 4.79 Å². The normalized spacial score (nSPS) is 18.2. The molecule has 1 saturated heterocycles. The largest absolute Gasteiger partial charge is 0.377 e. The minimum absolute atomic E-state index is 0.0279. The highest BCUT2D eigenvalue weighted by Gasteiger charge is 2.41. The lowest BCUT2D eigenvalue weighted by atomic mass is 10.1. The molecule has 154 valence electrons. The molecule has 1 N–H and O–H groups in total. The van der Waals surface area contributed by atoms with Crippen LogP contribution in [0.15, 0.2) is 67.0 Å². The second-order valence-electron chi connectivity index (χ2n) is 7.84. The molecule has 0 radical (unpaired) electrons. The number of ether oxygens (including phenoxy) is 1. The van der Waals surface area contributed by atoms with E-state index in [-0.39, 0.29) is 11.9 Å². The highest BCUT2D eigenvalue weighted by Crippen LogP contribution is 2.38. The summed E-state index contributed by atoms with van der Waals surface area (Å²) in [5.74, 6) is 1.48. The fraction of sp³-hybridized carbons (Fsp3) is 0.208. The summed E-state index contributed by atoms with van der Waals surface area (Å²) < 4.78 is 5.65. The van der Waals surface area contributed by atoms with Crippen LogP contribution < -0.4 is 9.80 Å². The van der Waals surface area contributed by atoms with Crippen molar-refractivity contribution < 1.29 is 9.53 Å². The molecular formula is C24H21N5O2. The number of aromatic amines is 1. The Morgan fingerprint density at radius 1 is 1.10 bits per heavy atom. The third kappa shape index (κ3) is 2.97. The van der Waals surface area contributed by atoms with E-state index in [1.54, 1.807) is 11.1 Å². The average molecular weight is 411 g/mol. The van der Waals surface area contributed by atoms with Crippen LogP contribution in [0.3, 0.4) is 0 Å². The van der Waals surface area contributed by atoms with Crippen LogP contribution in [0.25, 0.3) is 22.3 Å². The number of morpholine rings is 1. The third-order valence-electron chi connectivity index (χ3n) is 6.01. The Morgan fingerprint density at radius 3 is 2.90 bits per heavy atom. The Morgan fingerprint density at radius 2 is 2.00 bits per heavy atom. The number of carbonyl (C=O) groups is 1. The van der Waals surface area contributed by atoms with E-state index in [1.165, 1.54) is 0 Å². The second-order valence-corrected chi connectivity index (χ2v) is 7.84. The molecule has 0 bridgehead atoms. The van der Waals surface area contributed by atoms with E-state index in [0.717, 1.165) is 33.5 Å². The van der Waals surface area contributed by atoms with Gasteiger partial charge >= 0.3 is 0 Å². The van der Waals surface area contributed by atoms with E-state index < -0.39 is 0 Å². The average Bonchev–Trinajstić information content (AvgIpc) is 3.31. The molecule has 0 spiro atoms. The molecular weight excluding hydrogens is 390 g/mol. The second kappa shape index (κ2) is 7.21. The van der Waals surface area contributed by atoms with Gasteiger partial charge in [0.05, 0.1) is 26.0 Å². The van der Waals surface area contributed by atoms with Gasteiger partial charge in [0.1, 0.15) is 11.7 Å². The molecule has 7 nitrogen and oxygen atoms in total. The molecule has 1 amide bonds. The van der Waals surface area contributed by atoms with Crippen molar-refractivity contribution in [3.63, 3.8) is 0 Å². The molecule has 2 aromatic heterocycles. The monoisotopic (exact) mass is 411 g/mol. The lowest BCUT2D eigenvalue weighted by molar-refractivity contribution is -0.122. The van der Waals surface area contributed by atoms with Gasteiger partial charge in [0, 0.05) is 29.2 Å². The summed E-state index contributed by atoms with van der Waals surface area (Å²) in [5, 5.41) is 1.08. The zero-order chi connectivity index (χ0) is 20.8. The number of hydrogen-bond acceptors (Lipinski definition) is 5. The molecule has 6 rings (SSSR count). The minimum Gasteiger partial charge on any atom is -0.377 e. The first-order valence-electron chi connectivity index (χ1n) is 10.4. The van der Waals surface area contributed by atoms with Crippen LogP contribution in [0.4, 0.5) is 11.5 Å². The molecule has 2 aliphatic rings. The van der Waals surface area contributed by atoms with Crippen molar-refractivity contribution in [3.05, 3.63) is 72.6 Å². The topological polar surface area (TPSA) is 74.3 Å². The van der Waals surface area contributed by atoms with E-state index in [0.29, 0.717) is 32.1 Å². The van der Waals surface area contributed by atoms with E-state index in [2.05, 4.69) is 14.9 Å². The highest BCUT2D eigenvalue weighted by molar-refractivity contribution is 6.05. The van der Waals surface area contributed by atoms with Crippen molar-refractivity contribution in [1.29, 1.82) is 0 Å². The lowest BCUT2D eigenvalue weighted by Crippen LogP contribution is -2.58. The summed E-state index contributed by atoms with van der Waals surface area (Å²) in [4.78, 5) is 30.1. The number of amides is 1. The predicted octanol–water partition coefficient (Wildman–Crippen LogP) is 3.38. The third-order valence-corrected chi connectivity index (χ3v) is 6.01. The summed E-state index contributed by atoms with van der Waals surface area (Å²) in [6.45, 7) is 2.06.